The Morgan fingerprint density at radius 3 is 1.42 bits per heavy atom. The highest BCUT2D eigenvalue weighted by atomic mass is 35.5. The standard InChI is InChI=1S/C16H38N4.4ClH/c1-5-15(18-3)20(16(6-2)19-4)14-12-10-8-7-9-11-13-17;;;;/h15-16,18-19H,5-14,17H2,1-4H3;4*1H. The van der Waals surface area contributed by atoms with Crippen molar-refractivity contribution in [3.05, 3.63) is 0 Å². The van der Waals surface area contributed by atoms with Gasteiger partial charge in [-0.1, -0.05) is 39.5 Å². The molecule has 0 saturated heterocycles. The normalized spacial score (nSPS) is 12.2. The molecule has 0 radical (unpaired) electrons. The third-order valence-corrected chi connectivity index (χ3v) is 4.11. The van der Waals surface area contributed by atoms with E-state index in [9.17, 15) is 0 Å². The molecule has 2 unspecified atom stereocenters. The maximum atomic E-state index is 5.52. The molecule has 0 aliphatic rings. The fraction of sp³-hybridized carbons (Fsp3) is 1.00. The first-order chi connectivity index (χ1) is 9.74. The lowest BCUT2D eigenvalue weighted by Gasteiger charge is -2.37. The molecule has 0 aliphatic heterocycles. The van der Waals surface area contributed by atoms with Crippen LogP contribution in [0.4, 0.5) is 0 Å². The average molecular weight is 432 g/mol. The van der Waals surface area contributed by atoms with Crippen LogP contribution in [0.25, 0.3) is 0 Å². The van der Waals surface area contributed by atoms with Crippen LogP contribution in [0.1, 0.15) is 65.2 Å². The van der Waals surface area contributed by atoms with Gasteiger partial charge in [0.1, 0.15) is 0 Å². The Bertz CT molecular complexity index is 195. The van der Waals surface area contributed by atoms with Gasteiger partial charge in [0, 0.05) is 6.54 Å². The second kappa shape index (κ2) is 26.2. The topological polar surface area (TPSA) is 53.3 Å². The molecule has 0 aromatic carbocycles. The van der Waals surface area contributed by atoms with Gasteiger partial charge in [-0.05, 0) is 46.3 Å². The Morgan fingerprint density at radius 1 is 0.708 bits per heavy atom. The summed E-state index contributed by atoms with van der Waals surface area (Å²) >= 11 is 0. The monoisotopic (exact) mass is 430 g/mol. The van der Waals surface area contributed by atoms with Gasteiger partial charge in [-0.25, -0.2) is 0 Å². The predicted octanol–water partition coefficient (Wildman–Crippen LogP) is 4.19. The van der Waals surface area contributed by atoms with Crippen LogP contribution in [0.15, 0.2) is 0 Å². The summed E-state index contributed by atoms with van der Waals surface area (Å²) in [4.78, 5) is 2.58. The van der Waals surface area contributed by atoms with Crippen molar-refractivity contribution in [2.24, 2.45) is 5.73 Å². The highest BCUT2D eigenvalue weighted by molar-refractivity contribution is 5.86. The number of nitrogens with zero attached hydrogens (tertiary/aromatic N) is 1. The van der Waals surface area contributed by atoms with Crippen molar-refractivity contribution in [1.82, 2.24) is 15.5 Å². The SMILES string of the molecule is CCC(NC)N(CCCCCCCCN)C(CC)NC.Cl.Cl.Cl.Cl. The number of rotatable bonds is 14. The van der Waals surface area contributed by atoms with Crippen LogP contribution in [0.3, 0.4) is 0 Å². The molecule has 24 heavy (non-hydrogen) atoms. The summed E-state index contributed by atoms with van der Waals surface area (Å²) in [6.45, 7) is 6.52. The van der Waals surface area contributed by atoms with Gasteiger partial charge in [-0.2, -0.15) is 0 Å². The van der Waals surface area contributed by atoms with E-state index in [1.807, 2.05) is 0 Å². The molecule has 0 amide bonds. The molecule has 4 nitrogen and oxygen atoms in total. The number of hydrogen-bond acceptors (Lipinski definition) is 4. The van der Waals surface area contributed by atoms with E-state index < -0.39 is 0 Å². The lowest BCUT2D eigenvalue weighted by Crippen LogP contribution is -2.54. The summed E-state index contributed by atoms with van der Waals surface area (Å²) in [5, 5.41) is 6.88. The van der Waals surface area contributed by atoms with Gasteiger partial charge in [0.05, 0.1) is 12.3 Å². The van der Waals surface area contributed by atoms with Gasteiger partial charge >= 0.3 is 0 Å². The maximum absolute atomic E-state index is 5.52. The second-order valence-corrected chi connectivity index (χ2v) is 5.57. The molecule has 0 heterocycles. The van der Waals surface area contributed by atoms with E-state index in [4.69, 9.17) is 5.73 Å². The van der Waals surface area contributed by atoms with Crippen molar-refractivity contribution in [1.29, 1.82) is 0 Å². The van der Waals surface area contributed by atoms with E-state index in [0.717, 1.165) is 19.4 Å². The summed E-state index contributed by atoms with van der Waals surface area (Å²) in [6, 6.07) is 0. The van der Waals surface area contributed by atoms with Gasteiger partial charge in [-0.3, -0.25) is 4.90 Å². The average Bonchev–Trinajstić information content (AvgIpc) is 2.48. The van der Waals surface area contributed by atoms with Gasteiger partial charge < -0.3 is 16.4 Å². The van der Waals surface area contributed by atoms with Crippen LogP contribution < -0.4 is 16.4 Å². The zero-order valence-electron chi connectivity index (χ0n) is 15.9. The van der Waals surface area contributed by atoms with E-state index in [0.29, 0.717) is 12.3 Å². The van der Waals surface area contributed by atoms with Gasteiger partial charge in [0.25, 0.3) is 0 Å². The molecule has 0 rings (SSSR count). The molecule has 0 saturated carbocycles. The summed E-state index contributed by atoms with van der Waals surface area (Å²) in [5.74, 6) is 0. The minimum atomic E-state index is 0. The smallest absolute Gasteiger partial charge is 0.0605 e. The van der Waals surface area contributed by atoms with Crippen LogP contribution in [-0.2, 0) is 0 Å². The second-order valence-electron chi connectivity index (χ2n) is 5.57. The van der Waals surface area contributed by atoms with E-state index in [2.05, 4.69) is 43.5 Å². The Kier molecular flexibility index (Phi) is 39.3. The Labute approximate surface area is 175 Å². The molecule has 4 N–H and O–H groups in total. The molecule has 0 aromatic rings. The van der Waals surface area contributed by atoms with Gasteiger partial charge in [-0.15, -0.1) is 49.6 Å². The summed E-state index contributed by atoms with van der Waals surface area (Å²) in [5.41, 5.74) is 5.52. The predicted molar refractivity (Wildman–Crippen MR) is 119 cm³/mol. The fourth-order valence-electron chi connectivity index (χ4n) is 2.88. The van der Waals surface area contributed by atoms with Crippen molar-refractivity contribution in [3.63, 3.8) is 0 Å². The fourth-order valence-corrected chi connectivity index (χ4v) is 2.88. The third-order valence-electron chi connectivity index (χ3n) is 4.11. The number of nitrogens with one attached hydrogen (secondary N) is 2. The third kappa shape index (κ3) is 16.5. The minimum Gasteiger partial charge on any atom is -0.330 e. The first-order valence-corrected chi connectivity index (χ1v) is 8.55. The van der Waals surface area contributed by atoms with Crippen LogP contribution in [0.2, 0.25) is 0 Å². The Morgan fingerprint density at radius 2 is 1.08 bits per heavy atom. The zero-order chi connectivity index (χ0) is 15.2. The van der Waals surface area contributed by atoms with Gasteiger partial charge in [0.2, 0.25) is 0 Å². The molecule has 0 aliphatic carbocycles. The summed E-state index contributed by atoms with van der Waals surface area (Å²) in [6.07, 6.45) is 11.0. The van der Waals surface area contributed by atoms with Crippen molar-refractivity contribution >= 4 is 49.6 Å². The molecule has 154 valence electrons. The molecule has 0 bridgehead atoms. The van der Waals surface area contributed by atoms with Crippen molar-refractivity contribution < 1.29 is 0 Å². The van der Waals surface area contributed by atoms with Crippen molar-refractivity contribution in [2.45, 2.75) is 77.5 Å². The zero-order valence-corrected chi connectivity index (χ0v) is 19.1. The van der Waals surface area contributed by atoms with Crippen molar-refractivity contribution in [2.75, 3.05) is 27.2 Å². The van der Waals surface area contributed by atoms with Gasteiger partial charge in [0.15, 0.2) is 0 Å². The van der Waals surface area contributed by atoms with Crippen LogP contribution in [-0.4, -0.2) is 44.4 Å². The Balaban J connectivity index is -0.000000301. The number of nitrogens with two attached hydrogens (primary N) is 1. The van der Waals surface area contributed by atoms with E-state index in [-0.39, 0.29) is 49.6 Å². The molecular formula is C16H42Cl4N4. The summed E-state index contributed by atoms with van der Waals surface area (Å²) in [7, 11) is 4.13. The largest absolute Gasteiger partial charge is 0.330 e. The number of unbranched alkanes of at least 4 members (excludes halogenated alkanes) is 5. The van der Waals surface area contributed by atoms with E-state index >= 15 is 0 Å². The molecule has 8 heteroatoms. The summed E-state index contributed by atoms with van der Waals surface area (Å²) < 4.78 is 0. The Hall–Kier alpha value is 1.00. The molecule has 0 spiro atoms. The van der Waals surface area contributed by atoms with E-state index in [1.165, 1.54) is 45.1 Å². The van der Waals surface area contributed by atoms with Crippen molar-refractivity contribution in [3.8, 4) is 0 Å². The maximum Gasteiger partial charge on any atom is 0.0605 e. The molecule has 0 fully saturated rings. The molecule has 0 aromatic heterocycles. The van der Waals surface area contributed by atoms with Crippen LogP contribution in [0.5, 0.6) is 0 Å². The lowest BCUT2D eigenvalue weighted by atomic mass is 10.1. The highest BCUT2D eigenvalue weighted by Gasteiger charge is 2.21. The van der Waals surface area contributed by atoms with Crippen LogP contribution >= 0.6 is 49.6 Å². The molecule has 2 atom stereocenters. The first kappa shape index (κ1) is 36.0. The quantitative estimate of drug-likeness (QED) is 0.285. The van der Waals surface area contributed by atoms with Crippen LogP contribution in [0, 0.1) is 0 Å². The first-order valence-electron chi connectivity index (χ1n) is 8.55. The highest BCUT2D eigenvalue weighted by Crippen LogP contribution is 2.12. The lowest BCUT2D eigenvalue weighted by molar-refractivity contribution is 0.0889. The number of hydrogen-bond donors (Lipinski definition) is 3. The number of halogens is 4. The minimum absolute atomic E-state index is 0. The molecular weight excluding hydrogens is 390 g/mol. The van der Waals surface area contributed by atoms with E-state index in [1.54, 1.807) is 0 Å².